The molecule has 0 radical (unpaired) electrons. The standard InChI is InChI=1S/C17H18Cl2N2O2S/c18-12-3-4-14(19)13(10-12)17(22)20-11-15(16-2-1-7-23-16)21-5-8-24-9-6-21/h1-4,7,10,15H,5-6,8-9,11H2,(H,20,22)/t15-/m1/s1. The normalized spacial score (nSPS) is 16.8. The summed E-state index contributed by atoms with van der Waals surface area (Å²) in [7, 11) is 0. The molecule has 1 fully saturated rings. The summed E-state index contributed by atoms with van der Waals surface area (Å²) in [5, 5.41) is 3.84. The van der Waals surface area contributed by atoms with Crippen molar-refractivity contribution in [3.63, 3.8) is 0 Å². The molecule has 1 aliphatic rings. The molecule has 1 aromatic carbocycles. The summed E-state index contributed by atoms with van der Waals surface area (Å²) >= 11 is 14.0. The zero-order valence-electron chi connectivity index (χ0n) is 13.0. The molecule has 0 unspecified atom stereocenters. The van der Waals surface area contributed by atoms with Crippen LogP contribution in [0.3, 0.4) is 0 Å². The Morgan fingerprint density at radius 3 is 2.79 bits per heavy atom. The number of rotatable bonds is 5. The molecule has 1 atom stereocenters. The van der Waals surface area contributed by atoms with Crippen molar-refractivity contribution in [3.8, 4) is 0 Å². The molecule has 24 heavy (non-hydrogen) atoms. The van der Waals surface area contributed by atoms with Crippen LogP contribution in [0.1, 0.15) is 22.2 Å². The number of halogens is 2. The van der Waals surface area contributed by atoms with E-state index in [1.807, 2.05) is 23.9 Å². The predicted octanol–water partition coefficient (Wildman–Crippen LogP) is 4.11. The SMILES string of the molecule is O=C(NC[C@H](c1ccco1)N1CCSCC1)c1cc(Cl)ccc1Cl. The fraction of sp³-hybridized carbons (Fsp3) is 0.353. The van der Waals surface area contributed by atoms with Gasteiger partial charge in [0.2, 0.25) is 0 Å². The Kier molecular flexibility index (Phi) is 6.11. The smallest absolute Gasteiger partial charge is 0.252 e. The maximum atomic E-state index is 12.5. The molecule has 7 heteroatoms. The second-order valence-corrected chi connectivity index (χ2v) is 7.58. The third kappa shape index (κ3) is 4.28. The highest BCUT2D eigenvalue weighted by molar-refractivity contribution is 7.99. The van der Waals surface area contributed by atoms with Gasteiger partial charge in [-0.05, 0) is 30.3 Å². The third-order valence-electron chi connectivity index (χ3n) is 3.99. The fourth-order valence-electron chi connectivity index (χ4n) is 2.74. The molecule has 1 N–H and O–H groups in total. The van der Waals surface area contributed by atoms with Gasteiger partial charge in [-0.15, -0.1) is 0 Å². The van der Waals surface area contributed by atoms with Crippen LogP contribution >= 0.6 is 35.0 Å². The Hall–Kier alpha value is -1.14. The van der Waals surface area contributed by atoms with Gasteiger partial charge in [-0.3, -0.25) is 9.69 Å². The van der Waals surface area contributed by atoms with Crippen molar-refractivity contribution in [3.05, 3.63) is 58.0 Å². The van der Waals surface area contributed by atoms with Gasteiger partial charge >= 0.3 is 0 Å². The molecule has 2 aromatic rings. The van der Waals surface area contributed by atoms with Gasteiger partial charge in [-0.25, -0.2) is 0 Å². The van der Waals surface area contributed by atoms with Crippen molar-refractivity contribution in [2.24, 2.45) is 0 Å². The van der Waals surface area contributed by atoms with Gasteiger partial charge in [0.05, 0.1) is 22.9 Å². The van der Waals surface area contributed by atoms with Crippen LogP contribution in [0.5, 0.6) is 0 Å². The lowest BCUT2D eigenvalue weighted by Gasteiger charge is -2.33. The van der Waals surface area contributed by atoms with Crippen LogP contribution in [0, 0.1) is 0 Å². The minimum atomic E-state index is -0.231. The number of carbonyl (C=O) groups is 1. The van der Waals surface area contributed by atoms with Crippen LogP contribution in [0.2, 0.25) is 10.0 Å². The van der Waals surface area contributed by atoms with Gasteiger partial charge in [-0.1, -0.05) is 23.2 Å². The highest BCUT2D eigenvalue weighted by Gasteiger charge is 2.25. The highest BCUT2D eigenvalue weighted by atomic mass is 35.5. The lowest BCUT2D eigenvalue weighted by molar-refractivity contribution is 0.0930. The molecule has 1 saturated heterocycles. The van der Waals surface area contributed by atoms with Crippen LogP contribution in [-0.4, -0.2) is 41.9 Å². The van der Waals surface area contributed by atoms with E-state index < -0.39 is 0 Å². The highest BCUT2D eigenvalue weighted by Crippen LogP contribution is 2.25. The summed E-state index contributed by atoms with van der Waals surface area (Å²) in [6.07, 6.45) is 1.66. The summed E-state index contributed by atoms with van der Waals surface area (Å²) < 4.78 is 5.58. The quantitative estimate of drug-likeness (QED) is 0.842. The van der Waals surface area contributed by atoms with Gasteiger partial charge in [-0.2, -0.15) is 11.8 Å². The average Bonchev–Trinajstić information content (AvgIpc) is 3.12. The molecule has 2 heterocycles. The molecule has 0 bridgehead atoms. The van der Waals surface area contributed by atoms with Crippen molar-refractivity contribution < 1.29 is 9.21 Å². The Bertz CT molecular complexity index is 688. The summed E-state index contributed by atoms with van der Waals surface area (Å²) in [6, 6.07) is 8.71. The maximum absolute atomic E-state index is 12.5. The molecule has 3 rings (SSSR count). The summed E-state index contributed by atoms with van der Waals surface area (Å²) in [5.41, 5.74) is 0.386. The Balaban J connectivity index is 1.71. The molecule has 0 saturated carbocycles. The topological polar surface area (TPSA) is 45.5 Å². The number of thioether (sulfide) groups is 1. The van der Waals surface area contributed by atoms with E-state index in [4.69, 9.17) is 27.6 Å². The van der Waals surface area contributed by atoms with Gasteiger partial charge < -0.3 is 9.73 Å². The number of nitrogens with zero attached hydrogens (tertiary/aromatic N) is 1. The first kappa shape index (κ1) is 17.7. The Labute approximate surface area is 155 Å². The lowest BCUT2D eigenvalue weighted by atomic mass is 10.1. The third-order valence-corrected chi connectivity index (χ3v) is 5.49. The maximum Gasteiger partial charge on any atom is 0.252 e. The van der Waals surface area contributed by atoms with E-state index in [2.05, 4.69) is 10.2 Å². The fourth-order valence-corrected chi connectivity index (χ4v) is 4.04. The van der Waals surface area contributed by atoms with E-state index in [1.165, 1.54) is 0 Å². The number of amides is 1. The van der Waals surface area contributed by atoms with Crippen molar-refractivity contribution in [2.75, 3.05) is 31.1 Å². The molecule has 1 aliphatic heterocycles. The van der Waals surface area contributed by atoms with Gasteiger partial charge in [0.15, 0.2) is 0 Å². The molecule has 0 aliphatic carbocycles. The van der Waals surface area contributed by atoms with Crippen molar-refractivity contribution in [1.29, 1.82) is 0 Å². The second-order valence-electron chi connectivity index (χ2n) is 5.51. The number of benzene rings is 1. The molecule has 128 valence electrons. The molecule has 1 amide bonds. The van der Waals surface area contributed by atoms with Gasteiger partial charge in [0.1, 0.15) is 5.76 Å². The Morgan fingerprint density at radius 1 is 1.29 bits per heavy atom. The van der Waals surface area contributed by atoms with E-state index in [0.29, 0.717) is 22.2 Å². The van der Waals surface area contributed by atoms with Crippen molar-refractivity contribution in [2.45, 2.75) is 6.04 Å². The molecule has 0 spiro atoms. The van der Waals surface area contributed by atoms with E-state index in [9.17, 15) is 4.79 Å². The number of hydrogen-bond donors (Lipinski definition) is 1. The van der Waals surface area contributed by atoms with Crippen LogP contribution < -0.4 is 5.32 Å². The van der Waals surface area contributed by atoms with Crippen LogP contribution in [0.25, 0.3) is 0 Å². The first-order valence-electron chi connectivity index (χ1n) is 7.73. The van der Waals surface area contributed by atoms with E-state index in [1.54, 1.807) is 24.5 Å². The number of carbonyl (C=O) groups excluding carboxylic acids is 1. The van der Waals surface area contributed by atoms with E-state index >= 15 is 0 Å². The minimum absolute atomic E-state index is 0.0165. The zero-order valence-corrected chi connectivity index (χ0v) is 15.3. The van der Waals surface area contributed by atoms with E-state index in [0.717, 1.165) is 30.4 Å². The Morgan fingerprint density at radius 2 is 2.08 bits per heavy atom. The van der Waals surface area contributed by atoms with Crippen LogP contribution in [0.4, 0.5) is 0 Å². The first-order valence-corrected chi connectivity index (χ1v) is 9.64. The molecular formula is C17H18Cl2N2O2S. The van der Waals surface area contributed by atoms with E-state index in [-0.39, 0.29) is 11.9 Å². The number of hydrogen-bond acceptors (Lipinski definition) is 4. The number of furan rings is 1. The minimum Gasteiger partial charge on any atom is -0.468 e. The summed E-state index contributed by atoms with van der Waals surface area (Å²) in [6.45, 7) is 2.41. The molecular weight excluding hydrogens is 367 g/mol. The molecule has 4 nitrogen and oxygen atoms in total. The lowest BCUT2D eigenvalue weighted by Crippen LogP contribution is -2.42. The van der Waals surface area contributed by atoms with Crippen molar-refractivity contribution >= 4 is 40.9 Å². The summed E-state index contributed by atoms with van der Waals surface area (Å²) in [5.74, 6) is 2.81. The first-order chi connectivity index (χ1) is 11.6. The average molecular weight is 385 g/mol. The number of nitrogens with one attached hydrogen (secondary N) is 1. The van der Waals surface area contributed by atoms with Crippen LogP contribution in [0.15, 0.2) is 41.0 Å². The second kappa shape index (κ2) is 8.30. The summed E-state index contributed by atoms with van der Waals surface area (Å²) in [4.78, 5) is 14.8. The van der Waals surface area contributed by atoms with Gasteiger partial charge in [0.25, 0.3) is 5.91 Å². The zero-order chi connectivity index (χ0) is 16.9. The van der Waals surface area contributed by atoms with Gasteiger partial charge in [0, 0.05) is 36.2 Å². The van der Waals surface area contributed by atoms with Crippen LogP contribution in [-0.2, 0) is 0 Å². The monoisotopic (exact) mass is 384 g/mol. The largest absolute Gasteiger partial charge is 0.468 e. The predicted molar refractivity (Wildman–Crippen MR) is 99.1 cm³/mol. The van der Waals surface area contributed by atoms with Crippen molar-refractivity contribution in [1.82, 2.24) is 10.2 Å². The molecule has 1 aromatic heterocycles.